The lowest BCUT2D eigenvalue weighted by atomic mass is 10.2. The zero-order chi connectivity index (χ0) is 9.40. The highest BCUT2D eigenvalue weighted by Crippen LogP contribution is 2.10. The van der Waals surface area contributed by atoms with E-state index in [0.717, 1.165) is 5.02 Å². The molecule has 0 fully saturated rings. The first kappa shape index (κ1) is 11.2. The molecule has 0 atom stereocenters. The number of halogens is 1. The van der Waals surface area contributed by atoms with Crippen molar-refractivity contribution in [1.82, 2.24) is 0 Å². The molecule has 1 aromatic carbocycles. The lowest BCUT2D eigenvalue weighted by molar-refractivity contribution is 1.50. The van der Waals surface area contributed by atoms with E-state index in [-0.39, 0.29) is 0 Å². The molecule has 1 rings (SSSR count). The number of hydrogen-bond acceptors (Lipinski definition) is 0. The predicted octanol–water partition coefficient (Wildman–Crippen LogP) is 4.40. The van der Waals surface area contributed by atoms with E-state index in [1.807, 2.05) is 57.2 Å². The van der Waals surface area contributed by atoms with E-state index < -0.39 is 0 Å². The van der Waals surface area contributed by atoms with Gasteiger partial charge >= 0.3 is 0 Å². The molecule has 0 saturated carbocycles. The van der Waals surface area contributed by atoms with Gasteiger partial charge in [-0.15, -0.1) is 0 Å². The Morgan fingerprint density at radius 3 is 2.00 bits per heavy atom. The summed E-state index contributed by atoms with van der Waals surface area (Å²) in [5.41, 5.74) is 1.19. The second-order valence-corrected chi connectivity index (χ2v) is 2.49. The van der Waals surface area contributed by atoms with Crippen molar-refractivity contribution in [1.29, 1.82) is 0 Å². The van der Waals surface area contributed by atoms with Crippen molar-refractivity contribution in [3.05, 3.63) is 40.9 Å². The van der Waals surface area contributed by atoms with E-state index >= 15 is 0 Å². The topological polar surface area (TPSA) is 0 Å². The summed E-state index contributed by atoms with van der Waals surface area (Å²) in [6.07, 6.45) is 4.04. The molecule has 0 N–H and O–H groups in total. The maximum Gasteiger partial charge on any atom is 0.0406 e. The van der Waals surface area contributed by atoms with Gasteiger partial charge in [0.2, 0.25) is 0 Å². The summed E-state index contributed by atoms with van der Waals surface area (Å²) >= 11 is 5.69. The van der Waals surface area contributed by atoms with Gasteiger partial charge in [-0.05, 0) is 24.6 Å². The normalized spacial score (nSPS) is 9.33. The Hall–Kier alpha value is -0.750. The maximum absolute atomic E-state index is 5.69. The highest BCUT2D eigenvalue weighted by atomic mass is 35.5. The molecule has 0 nitrogen and oxygen atoms in total. The summed E-state index contributed by atoms with van der Waals surface area (Å²) < 4.78 is 0. The summed E-state index contributed by atoms with van der Waals surface area (Å²) in [7, 11) is 0. The zero-order valence-electron chi connectivity index (χ0n) is 7.84. The minimum absolute atomic E-state index is 0.785. The van der Waals surface area contributed by atoms with Crippen LogP contribution in [0.3, 0.4) is 0 Å². The van der Waals surface area contributed by atoms with E-state index in [2.05, 4.69) is 0 Å². The third-order valence-electron chi connectivity index (χ3n) is 1.23. The fourth-order valence-corrected chi connectivity index (χ4v) is 0.892. The average molecular weight is 183 g/mol. The summed E-state index contributed by atoms with van der Waals surface area (Å²) in [5, 5.41) is 0.785. The molecule has 1 aromatic rings. The van der Waals surface area contributed by atoms with Crippen LogP contribution in [0.5, 0.6) is 0 Å². The van der Waals surface area contributed by atoms with Crippen LogP contribution in [0.1, 0.15) is 26.3 Å². The third kappa shape index (κ3) is 4.20. The Balaban J connectivity index is 0.000000561. The molecule has 1 heteroatoms. The molecular formula is C11H15Cl. The van der Waals surface area contributed by atoms with Crippen LogP contribution >= 0.6 is 11.6 Å². The van der Waals surface area contributed by atoms with E-state index in [9.17, 15) is 0 Å². The minimum atomic E-state index is 0.785. The van der Waals surface area contributed by atoms with E-state index in [1.165, 1.54) is 5.56 Å². The van der Waals surface area contributed by atoms with Gasteiger partial charge < -0.3 is 0 Å². The van der Waals surface area contributed by atoms with Gasteiger partial charge in [0.1, 0.15) is 0 Å². The largest absolute Gasteiger partial charge is 0.0871 e. The Morgan fingerprint density at radius 2 is 1.58 bits per heavy atom. The van der Waals surface area contributed by atoms with Crippen LogP contribution < -0.4 is 0 Å². The molecule has 0 aliphatic carbocycles. The van der Waals surface area contributed by atoms with Gasteiger partial charge in [-0.2, -0.15) is 0 Å². The molecule has 0 aliphatic rings. The lowest BCUT2D eigenvalue weighted by Gasteiger charge is -1.90. The SMILES string of the molecule is C/C=C/c1ccc(Cl)cc1.CC. The molecule has 12 heavy (non-hydrogen) atoms. The predicted molar refractivity (Wildman–Crippen MR) is 57.5 cm³/mol. The van der Waals surface area contributed by atoms with Crippen LogP contribution in [-0.4, -0.2) is 0 Å². The fraction of sp³-hybridized carbons (Fsp3) is 0.273. The Labute approximate surface area is 79.9 Å². The van der Waals surface area contributed by atoms with Crippen LogP contribution in [0.2, 0.25) is 5.02 Å². The van der Waals surface area contributed by atoms with E-state index in [0.29, 0.717) is 0 Å². The molecule has 0 unspecified atom stereocenters. The van der Waals surface area contributed by atoms with Crippen molar-refractivity contribution in [2.45, 2.75) is 20.8 Å². The van der Waals surface area contributed by atoms with Gasteiger partial charge in [-0.1, -0.05) is 49.7 Å². The molecule has 66 valence electrons. The first-order valence-electron chi connectivity index (χ1n) is 4.21. The Bertz CT molecular complexity index is 221. The van der Waals surface area contributed by atoms with Crippen molar-refractivity contribution in [3.8, 4) is 0 Å². The number of rotatable bonds is 1. The Kier molecular flexibility index (Phi) is 6.50. The molecule has 0 spiro atoms. The van der Waals surface area contributed by atoms with E-state index in [4.69, 9.17) is 11.6 Å². The van der Waals surface area contributed by atoms with Crippen LogP contribution in [0.4, 0.5) is 0 Å². The van der Waals surface area contributed by atoms with Crippen molar-refractivity contribution in [2.24, 2.45) is 0 Å². The number of benzene rings is 1. The minimum Gasteiger partial charge on any atom is -0.0871 e. The van der Waals surface area contributed by atoms with Crippen LogP contribution in [-0.2, 0) is 0 Å². The van der Waals surface area contributed by atoms with Crippen molar-refractivity contribution >= 4 is 17.7 Å². The quantitative estimate of drug-likeness (QED) is 0.604. The molecule has 0 bridgehead atoms. The third-order valence-corrected chi connectivity index (χ3v) is 1.48. The molecule has 0 saturated heterocycles. The van der Waals surface area contributed by atoms with Crippen LogP contribution in [0, 0.1) is 0 Å². The van der Waals surface area contributed by atoms with Crippen molar-refractivity contribution in [3.63, 3.8) is 0 Å². The average Bonchev–Trinajstić information content (AvgIpc) is 2.13. The Morgan fingerprint density at radius 1 is 1.08 bits per heavy atom. The zero-order valence-corrected chi connectivity index (χ0v) is 8.60. The highest BCUT2D eigenvalue weighted by molar-refractivity contribution is 6.30. The summed E-state index contributed by atoms with van der Waals surface area (Å²) in [6, 6.07) is 7.75. The summed E-state index contributed by atoms with van der Waals surface area (Å²) in [5.74, 6) is 0. The standard InChI is InChI=1S/C9H9Cl.C2H6/c1-2-3-8-4-6-9(10)7-5-8;1-2/h2-7H,1H3;1-2H3/b3-2+;. The summed E-state index contributed by atoms with van der Waals surface area (Å²) in [6.45, 7) is 5.99. The smallest absolute Gasteiger partial charge is 0.0406 e. The second kappa shape index (κ2) is 6.93. The maximum atomic E-state index is 5.69. The van der Waals surface area contributed by atoms with Gasteiger partial charge in [-0.3, -0.25) is 0 Å². The summed E-state index contributed by atoms with van der Waals surface area (Å²) in [4.78, 5) is 0. The number of allylic oxidation sites excluding steroid dienone is 1. The van der Waals surface area contributed by atoms with Crippen molar-refractivity contribution < 1.29 is 0 Å². The number of hydrogen-bond donors (Lipinski definition) is 0. The molecule has 0 aromatic heterocycles. The molecular weight excluding hydrogens is 168 g/mol. The van der Waals surface area contributed by atoms with Crippen molar-refractivity contribution in [2.75, 3.05) is 0 Å². The van der Waals surface area contributed by atoms with Gasteiger partial charge in [0.25, 0.3) is 0 Å². The van der Waals surface area contributed by atoms with Crippen LogP contribution in [0.25, 0.3) is 6.08 Å². The first-order chi connectivity index (χ1) is 5.83. The molecule has 0 heterocycles. The van der Waals surface area contributed by atoms with Gasteiger partial charge in [0.05, 0.1) is 0 Å². The monoisotopic (exact) mass is 182 g/mol. The lowest BCUT2D eigenvalue weighted by Crippen LogP contribution is -1.68. The van der Waals surface area contributed by atoms with Gasteiger partial charge in [0.15, 0.2) is 0 Å². The van der Waals surface area contributed by atoms with Crippen LogP contribution in [0.15, 0.2) is 30.3 Å². The second-order valence-electron chi connectivity index (χ2n) is 2.05. The van der Waals surface area contributed by atoms with E-state index in [1.54, 1.807) is 0 Å². The fourth-order valence-electron chi connectivity index (χ4n) is 0.766. The van der Waals surface area contributed by atoms with Gasteiger partial charge in [0, 0.05) is 5.02 Å². The van der Waals surface area contributed by atoms with Gasteiger partial charge in [-0.25, -0.2) is 0 Å². The molecule has 0 radical (unpaired) electrons. The first-order valence-corrected chi connectivity index (χ1v) is 4.59. The molecule has 0 amide bonds. The molecule has 0 aliphatic heterocycles. The highest BCUT2D eigenvalue weighted by Gasteiger charge is 1.84.